The second-order valence-corrected chi connectivity index (χ2v) is 10.6. The van der Waals surface area contributed by atoms with Gasteiger partial charge in [-0.1, -0.05) is 61.2 Å². The quantitative estimate of drug-likeness (QED) is 0.508. The number of carbonyl (C=O) groups excluding carboxylic acids is 1. The normalized spacial score (nSPS) is 16.9. The fraction of sp³-hybridized carbons (Fsp3) is 0.269. The predicted molar refractivity (Wildman–Crippen MR) is 138 cm³/mol. The molecule has 10 heteroatoms. The van der Waals surface area contributed by atoms with Gasteiger partial charge in [-0.2, -0.15) is 4.31 Å². The van der Waals surface area contributed by atoms with Crippen LogP contribution in [0.1, 0.15) is 5.56 Å². The molecule has 1 aromatic heterocycles. The van der Waals surface area contributed by atoms with E-state index in [1.807, 2.05) is 42.5 Å². The van der Waals surface area contributed by atoms with Crippen LogP contribution in [0.15, 0.2) is 66.6 Å². The first-order valence-electron chi connectivity index (χ1n) is 11.7. The molecule has 2 aliphatic heterocycles. The number of carbonyl (C=O) groups is 1. The number of amides is 1. The van der Waals surface area contributed by atoms with Gasteiger partial charge in [0.15, 0.2) is 12.4 Å². The molecule has 0 saturated carbocycles. The Bertz CT molecular complexity index is 1390. The Morgan fingerprint density at radius 1 is 0.944 bits per heavy atom. The molecule has 1 amide bonds. The van der Waals surface area contributed by atoms with E-state index < -0.39 is 10.0 Å². The van der Waals surface area contributed by atoms with Gasteiger partial charge in [0.1, 0.15) is 5.69 Å². The smallest absolute Gasteiger partial charge is 0.266 e. The van der Waals surface area contributed by atoms with Crippen molar-refractivity contribution < 1.29 is 17.9 Å². The lowest BCUT2D eigenvalue weighted by atomic mass is 10.0. The molecular weight excluding hydrogens is 478 g/mol. The molecule has 0 N–H and O–H groups in total. The van der Waals surface area contributed by atoms with Crippen molar-refractivity contribution in [3.63, 3.8) is 0 Å². The topological polar surface area (TPSA) is 95.9 Å². The van der Waals surface area contributed by atoms with Crippen molar-refractivity contribution in [2.24, 2.45) is 0 Å². The number of piperazine rings is 1. The van der Waals surface area contributed by atoms with Crippen LogP contribution in [0.3, 0.4) is 0 Å². The van der Waals surface area contributed by atoms with Crippen LogP contribution in [-0.4, -0.2) is 73.3 Å². The molecule has 3 heterocycles. The van der Waals surface area contributed by atoms with Crippen molar-refractivity contribution in [2.75, 3.05) is 44.7 Å². The number of rotatable bonds is 6. The van der Waals surface area contributed by atoms with Crippen LogP contribution in [0.5, 0.6) is 5.88 Å². The van der Waals surface area contributed by atoms with E-state index in [0.717, 1.165) is 28.6 Å². The van der Waals surface area contributed by atoms with Crippen LogP contribution in [0.2, 0.25) is 0 Å². The summed E-state index contributed by atoms with van der Waals surface area (Å²) in [6, 6.07) is 17.9. The number of ether oxygens (including phenoxy) is 1. The SMILES string of the molecule is C=CS(=O)(=O)N1CCN(Cc2ccc(-c3nc4c(nc3-c3ccccc3)N(C)C(=O)CO4)cc2)CC1. The summed E-state index contributed by atoms with van der Waals surface area (Å²) in [7, 11) is -1.69. The van der Waals surface area contributed by atoms with Gasteiger partial charge in [-0.15, -0.1) is 0 Å². The van der Waals surface area contributed by atoms with Gasteiger partial charge < -0.3 is 4.74 Å². The van der Waals surface area contributed by atoms with Crippen molar-refractivity contribution in [1.82, 2.24) is 19.2 Å². The summed E-state index contributed by atoms with van der Waals surface area (Å²) >= 11 is 0. The lowest BCUT2D eigenvalue weighted by Crippen LogP contribution is -2.47. The maximum atomic E-state index is 12.1. The molecule has 2 aromatic carbocycles. The highest BCUT2D eigenvalue weighted by Crippen LogP contribution is 2.36. The molecule has 0 aliphatic carbocycles. The number of fused-ring (bicyclic) bond motifs is 1. The predicted octanol–water partition coefficient (Wildman–Crippen LogP) is 2.76. The van der Waals surface area contributed by atoms with Gasteiger partial charge in [-0.3, -0.25) is 14.6 Å². The van der Waals surface area contributed by atoms with E-state index in [1.54, 1.807) is 7.05 Å². The standard InChI is InChI=1S/C26H27N5O4S/c1-3-36(33,34)31-15-13-30(14-16-31)17-19-9-11-21(12-10-19)24-23(20-7-5-4-6-8-20)27-25-26(28-24)35-18-22(32)29(25)2/h3-12H,1,13-18H2,2H3. The van der Waals surface area contributed by atoms with Crippen LogP contribution >= 0.6 is 0 Å². The molecule has 0 spiro atoms. The Morgan fingerprint density at radius 2 is 1.58 bits per heavy atom. The number of nitrogens with zero attached hydrogens (tertiary/aromatic N) is 5. The van der Waals surface area contributed by atoms with Crippen LogP contribution in [0, 0.1) is 0 Å². The second kappa shape index (κ2) is 9.81. The van der Waals surface area contributed by atoms with Crippen LogP contribution in [0.25, 0.3) is 22.5 Å². The summed E-state index contributed by atoms with van der Waals surface area (Å²) in [4.78, 5) is 25.4. The molecular formula is C26H27N5O4S. The van der Waals surface area contributed by atoms with Crippen LogP contribution in [-0.2, 0) is 21.4 Å². The minimum absolute atomic E-state index is 0.0669. The number of benzene rings is 2. The molecule has 0 atom stereocenters. The molecule has 5 rings (SSSR count). The average molecular weight is 506 g/mol. The maximum Gasteiger partial charge on any atom is 0.266 e. The van der Waals surface area contributed by atoms with Crippen LogP contribution < -0.4 is 9.64 Å². The zero-order chi connectivity index (χ0) is 25.3. The summed E-state index contributed by atoms with van der Waals surface area (Å²) in [6.45, 7) is 6.29. The summed E-state index contributed by atoms with van der Waals surface area (Å²) in [5, 5.41) is 1.01. The number of aromatic nitrogens is 2. The Kier molecular flexibility index (Phi) is 6.57. The van der Waals surface area contributed by atoms with Crippen LogP contribution in [0.4, 0.5) is 5.82 Å². The van der Waals surface area contributed by atoms with E-state index >= 15 is 0 Å². The highest BCUT2D eigenvalue weighted by molar-refractivity contribution is 7.92. The third kappa shape index (κ3) is 4.75. The lowest BCUT2D eigenvalue weighted by Gasteiger charge is -2.33. The molecule has 186 valence electrons. The maximum absolute atomic E-state index is 12.1. The second-order valence-electron chi connectivity index (χ2n) is 8.74. The summed E-state index contributed by atoms with van der Waals surface area (Å²) in [6.07, 6.45) is 0. The molecule has 1 saturated heterocycles. The third-order valence-electron chi connectivity index (χ3n) is 6.45. The zero-order valence-corrected chi connectivity index (χ0v) is 20.8. The van der Waals surface area contributed by atoms with Gasteiger partial charge in [0.2, 0.25) is 10.0 Å². The third-order valence-corrected chi connectivity index (χ3v) is 7.96. The van der Waals surface area contributed by atoms with E-state index in [9.17, 15) is 13.2 Å². The van der Waals surface area contributed by atoms with Crippen molar-refractivity contribution in [3.05, 3.63) is 72.1 Å². The first-order chi connectivity index (χ1) is 17.4. The Labute approximate surface area is 210 Å². The average Bonchev–Trinajstić information content (AvgIpc) is 2.91. The monoisotopic (exact) mass is 505 g/mol. The fourth-order valence-electron chi connectivity index (χ4n) is 4.34. The van der Waals surface area contributed by atoms with Gasteiger partial charge in [0.05, 0.1) is 5.69 Å². The summed E-state index contributed by atoms with van der Waals surface area (Å²) < 4.78 is 31.1. The molecule has 0 bridgehead atoms. The van der Waals surface area contributed by atoms with E-state index in [4.69, 9.17) is 14.7 Å². The van der Waals surface area contributed by atoms with E-state index in [1.165, 1.54) is 9.21 Å². The van der Waals surface area contributed by atoms with Gasteiger partial charge in [0.25, 0.3) is 11.8 Å². The van der Waals surface area contributed by atoms with E-state index in [0.29, 0.717) is 49.3 Å². The Morgan fingerprint density at radius 3 is 2.25 bits per heavy atom. The zero-order valence-electron chi connectivity index (χ0n) is 20.0. The largest absolute Gasteiger partial charge is 0.465 e. The first kappa shape index (κ1) is 24.1. The molecule has 0 unspecified atom stereocenters. The van der Waals surface area contributed by atoms with Crippen molar-refractivity contribution in [2.45, 2.75) is 6.54 Å². The highest BCUT2D eigenvalue weighted by Gasteiger charge is 2.28. The fourth-order valence-corrected chi connectivity index (χ4v) is 5.23. The Hall–Kier alpha value is -3.60. The molecule has 0 radical (unpaired) electrons. The molecule has 9 nitrogen and oxygen atoms in total. The summed E-state index contributed by atoms with van der Waals surface area (Å²) in [5.41, 5.74) is 4.25. The number of anilines is 1. The molecule has 1 fully saturated rings. The Balaban J connectivity index is 1.39. The van der Waals surface area contributed by atoms with E-state index in [2.05, 4.69) is 23.6 Å². The van der Waals surface area contributed by atoms with E-state index in [-0.39, 0.29) is 12.5 Å². The highest BCUT2D eigenvalue weighted by atomic mass is 32.2. The first-order valence-corrected chi connectivity index (χ1v) is 13.2. The van der Waals surface area contributed by atoms with Gasteiger partial charge >= 0.3 is 0 Å². The number of likely N-dealkylation sites (N-methyl/N-ethyl adjacent to an activating group) is 1. The van der Waals surface area contributed by atoms with Gasteiger partial charge in [-0.25, -0.2) is 18.4 Å². The van der Waals surface area contributed by atoms with Crippen molar-refractivity contribution >= 4 is 21.7 Å². The van der Waals surface area contributed by atoms with Crippen molar-refractivity contribution in [3.8, 4) is 28.4 Å². The minimum atomic E-state index is -3.37. The lowest BCUT2D eigenvalue weighted by molar-refractivity contribution is -0.121. The number of sulfonamides is 1. The van der Waals surface area contributed by atoms with Gasteiger partial charge in [0, 0.05) is 56.3 Å². The number of hydrogen-bond acceptors (Lipinski definition) is 7. The molecule has 36 heavy (non-hydrogen) atoms. The van der Waals surface area contributed by atoms with Crippen molar-refractivity contribution in [1.29, 1.82) is 0 Å². The minimum Gasteiger partial charge on any atom is -0.465 e. The molecule has 3 aromatic rings. The molecule has 2 aliphatic rings. The number of hydrogen-bond donors (Lipinski definition) is 0. The van der Waals surface area contributed by atoms with Gasteiger partial charge in [-0.05, 0) is 5.56 Å². The summed E-state index contributed by atoms with van der Waals surface area (Å²) in [5.74, 6) is 0.571.